The maximum atomic E-state index is 13.2. The number of likely N-dealkylation sites (tertiary alicyclic amines) is 1. The first-order valence-electron chi connectivity index (χ1n) is 15.2. The van der Waals surface area contributed by atoms with E-state index in [0.29, 0.717) is 17.7 Å². The number of hydrogen-bond donors (Lipinski definition) is 2. The molecule has 6 nitrogen and oxygen atoms in total. The number of carbonyl (C=O) groups is 2. The fraction of sp³-hybridized carbons (Fsp3) is 0.529. The summed E-state index contributed by atoms with van der Waals surface area (Å²) < 4.78 is 5.28. The predicted octanol–water partition coefficient (Wildman–Crippen LogP) is 8.30. The molecule has 3 rings (SSSR count). The number of nitrogens with zero attached hydrogens (tertiary/aromatic N) is 1. The molecule has 0 saturated carbocycles. The lowest BCUT2D eigenvalue weighted by molar-refractivity contribution is -0.139. The molecule has 0 aromatic heterocycles. The summed E-state index contributed by atoms with van der Waals surface area (Å²) in [5.41, 5.74) is 1.15. The van der Waals surface area contributed by atoms with Gasteiger partial charge >= 0.3 is 0 Å². The van der Waals surface area contributed by atoms with Gasteiger partial charge in [0.15, 0.2) is 11.5 Å². The quantitative estimate of drug-likeness (QED) is 0.0845. The Balaban J connectivity index is 1.57. The molecule has 2 N–H and O–H groups in total. The smallest absolute Gasteiger partial charge is 0.295 e. The minimum atomic E-state index is -0.753. The van der Waals surface area contributed by atoms with Gasteiger partial charge < -0.3 is 19.8 Å². The highest BCUT2D eigenvalue weighted by molar-refractivity contribution is 6.46. The van der Waals surface area contributed by atoms with E-state index >= 15 is 0 Å². The van der Waals surface area contributed by atoms with Crippen molar-refractivity contribution in [3.05, 3.63) is 65.2 Å². The fourth-order valence-corrected chi connectivity index (χ4v) is 5.55. The van der Waals surface area contributed by atoms with E-state index in [-0.39, 0.29) is 22.8 Å². The third-order valence-electron chi connectivity index (χ3n) is 7.86. The number of aromatic hydroxyl groups is 1. The summed E-state index contributed by atoms with van der Waals surface area (Å²) in [5.74, 6) is -1.27. The van der Waals surface area contributed by atoms with E-state index in [1.165, 1.54) is 83.8 Å². The van der Waals surface area contributed by atoms with Gasteiger partial charge in [-0.1, -0.05) is 127 Å². The van der Waals surface area contributed by atoms with Crippen molar-refractivity contribution >= 4 is 17.4 Å². The fourth-order valence-electron chi connectivity index (χ4n) is 5.55. The Bertz CT molecular complexity index is 1110. The first-order valence-corrected chi connectivity index (χ1v) is 15.2. The summed E-state index contributed by atoms with van der Waals surface area (Å²) in [6.45, 7) is 2.67. The van der Waals surface area contributed by atoms with Crippen LogP contribution in [0.5, 0.6) is 11.5 Å². The van der Waals surface area contributed by atoms with E-state index in [4.69, 9.17) is 4.74 Å². The lowest BCUT2D eigenvalue weighted by Crippen LogP contribution is -2.30. The lowest BCUT2D eigenvalue weighted by atomic mass is 9.95. The average molecular weight is 550 g/mol. The van der Waals surface area contributed by atoms with Crippen LogP contribution in [0.2, 0.25) is 0 Å². The molecule has 1 amide bonds. The summed E-state index contributed by atoms with van der Waals surface area (Å²) in [6.07, 6.45) is 17.4. The van der Waals surface area contributed by atoms with E-state index in [1.807, 2.05) is 6.07 Å². The lowest BCUT2D eigenvalue weighted by Gasteiger charge is -2.26. The zero-order valence-corrected chi connectivity index (χ0v) is 24.4. The molecule has 0 aliphatic carbocycles. The second-order valence-corrected chi connectivity index (χ2v) is 10.9. The van der Waals surface area contributed by atoms with Gasteiger partial charge in [-0.25, -0.2) is 0 Å². The molecule has 2 aromatic carbocycles. The molecule has 1 saturated heterocycles. The molecular weight excluding hydrogens is 502 g/mol. The van der Waals surface area contributed by atoms with Crippen LogP contribution in [0.3, 0.4) is 0 Å². The molecule has 1 aliphatic heterocycles. The molecule has 0 radical (unpaired) electrons. The number of phenolic OH excluding ortho intramolecular Hbond substituents is 1. The van der Waals surface area contributed by atoms with Crippen LogP contribution in [0, 0.1) is 0 Å². The van der Waals surface area contributed by atoms with Gasteiger partial charge in [-0.15, -0.1) is 0 Å². The molecule has 6 heteroatoms. The number of phenols is 1. The highest BCUT2D eigenvalue weighted by atomic mass is 16.5. The molecule has 1 heterocycles. The van der Waals surface area contributed by atoms with E-state index in [0.717, 1.165) is 19.3 Å². The summed E-state index contributed by atoms with van der Waals surface area (Å²) in [5, 5.41) is 21.2. The number of ketones is 1. The number of benzene rings is 2. The molecule has 218 valence electrons. The van der Waals surface area contributed by atoms with Crippen molar-refractivity contribution in [1.29, 1.82) is 0 Å². The Morgan fingerprint density at radius 1 is 0.800 bits per heavy atom. The van der Waals surface area contributed by atoms with Gasteiger partial charge in [0.05, 0.1) is 18.7 Å². The SMILES string of the molecule is CCCCCCCCCCCCCCCCN1C(=O)C(=O)/C(=C(/O)c2ccccc2)[C@H]1c1ccc(O)c(OC)c1. The zero-order valence-electron chi connectivity index (χ0n) is 24.4. The van der Waals surface area contributed by atoms with Crippen molar-refractivity contribution in [2.45, 2.75) is 103 Å². The summed E-state index contributed by atoms with van der Waals surface area (Å²) >= 11 is 0. The molecule has 1 fully saturated rings. The number of methoxy groups -OCH3 is 1. The highest BCUT2D eigenvalue weighted by Crippen LogP contribution is 2.41. The van der Waals surface area contributed by atoms with Crippen molar-refractivity contribution in [2.24, 2.45) is 0 Å². The molecule has 1 aliphatic rings. The largest absolute Gasteiger partial charge is 0.507 e. The second-order valence-electron chi connectivity index (χ2n) is 10.9. The van der Waals surface area contributed by atoms with Crippen LogP contribution >= 0.6 is 0 Å². The van der Waals surface area contributed by atoms with E-state index in [1.54, 1.807) is 41.3 Å². The Morgan fingerprint density at radius 2 is 1.35 bits per heavy atom. The maximum absolute atomic E-state index is 13.2. The molecule has 40 heavy (non-hydrogen) atoms. The molecule has 2 aromatic rings. The molecule has 0 bridgehead atoms. The number of rotatable bonds is 18. The standard InChI is InChI=1S/C34H47NO5/c1-3-4-5-6-7-8-9-10-11-12-13-14-15-19-24-35-31(27-22-23-28(36)29(25-27)40-2)30(33(38)34(35)39)32(37)26-20-17-16-18-21-26/h16-18,20-23,25,31,36-37H,3-15,19,24H2,1-2H3/b32-30+/t31-/m1/s1. The van der Waals surface area contributed by atoms with Crippen LogP contribution in [0.15, 0.2) is 54.1 Å². The van der Waals surface area contributed by atoms with Gasteiger partial charge in [0.25, 0.3) is 11.7 Å². The number of unbranched alkanes of at least 4 members (excludes halogenated alkanes) is 13. The first-order chi connectivity index (χ1) is 19.5. The Morgan fingerprint density at radius 3 is 1.90 bits per heavy atom. The third kappa shape index (κ3) is 8.61. The number of amides is 1. The normalized spacial score (nSPS) is 16.6. The minimum Gasteiger partial charge on any atom is -0.507 e. The monoisotopic (exact) mass is 549 g/mol. The zero-order chi connectivity index (χ0) is 28.7. The number of carbonyl (C=O) groups excluding carboxylic acids is 2. The Hall–Kier alpha value is -3.28. The number of aliphatic hydroxyl groups is 1. The van der Waals surface area contributed by atoms with Crippen LogP contribution in [0.4, 0.5) is 0 Å². The van der Waals surface area contributed by atoms with Gasteiger partial charge in [-0.05, 0) is 24.1 Å². The maximum Gasteiger partial charge on any atom is 0.295 e. The van der Waals surface area contributed by atoms with Gasteiger partial charge in [-0.2, -0.15) is 0 Å². The molecule has 0 spiro atoms. The summed E-state index contributed by atoms with van der Waals surface area (Å²) in [6, 6.07) is 12.8. The van der Waals surface area contributed by atoms with Gasteiger partial charge in [0, 0.05) is 12.1 Å². The van der Waals surface area contributed by atoms with E-state index < -0.39 is 17.7 Å². The van der Waals surface area contributed by atoms with Crippen LogP contribution in [-0.4, -0.2) is 40.5 Å². The average Bonchev–Trinajstić information content (AvgIpc) is 3.22. The molecular formula is C34H47NO5. The third-order valence-corrected chi connectivity index (χ3v) is 7.86. The van der Waals surface area contributed by atoms with Crippen molar-refractivity contribution in [3.8, 4) is 11.5 Å². The van der Waals surface area contributed by atoms with Crippen LogP contribution in [0.25, 0.3) is 5.76 Å². The minimum absolute atomic E-state index is 0.0294. The van der Waals surface area contributed by atoms with Crippen molar-refractivity contribution < 1.29 is 24.5 Å². The van der Waals surface area contributed by atoms with Crippen LogP contribution in [0.1, 0.15) is 114 Å². The van der Waals surface area contributed by atoms with E-state index in [2.05, 4.69) is 6.92 Å². The molecule has 1 atom stereocenters. The second kappa shape index (κ2) is 16.7. The Labute approximate surface area is 240 Å². The van der Waals surface area contributed by atoms with Gasteiger partial charge in [0.2, 0.25) is 0 Å². The van der Waals surface area contributed by atoms with Crippen molar-refractivity contribution in [1.82, 2.24) is 4.90 Å². The van der Waals surface area contributed by atoms with Gasteiger partial charge in [0.1, 0.15) is 5.76 Å². The predicted molar refractivity (Wildman–Crippen MR) is 160 cm³/mol. The van der Waals surface area contributed by atoms with Crippen LogP contribution in [-0.2, 0) is 9.59 Å². The van der Waals surface area contributed by atoms with Crippen LogP contribution < -0.4 is 4.74 Å². The number of Topliss-reactive ketones (excluding diaryl/α,β-unsaturated/α-hetero) is 1. The summed E-state index contributed by atoms with van der Waals surface area (Å²) in [4.78, 5) is 27.9. The number of aliphatic hydroxyl groups excluding tert-OH is 1. The molecule has 0 unspecified atom stereocenters. The van der Waals surface area contributed by atoms with E-state index in [9.17, 15) is 19.8 Å². The number of hydrogen-bond acceptors (Lipinski definition) is 5. The number of ether oxygens (including phenoxy) is 1. The summed E-state index contributed by atoms with van der Waals surface area (Å²) in [7, 11) is 1.45. The highest BCUT2D eigenvalue weighted by Gasteiger charge is 2.46. The van der Waals surface area contributed by atoms with Crippen molar-refractivity contribution in [2.75, 3.05) is 13.7 Å². The Kier molecular flexibility index (Phi) is 13.1. The topological polar surface area (TPSA) is 87.1 Å². The first kappa shape index (κ1) is 31.3. The van der Waals surface area contributed by atoms with Gasteiger partial charge in [-0.3, -0.25) is 9.59 Å². The van der Waals surface area contributed by atoms with Crippen molar-refractivity contribution in [3.63, 3.8) is 0 Å².